The summed E-state index contributed by atoms with van der Waals surface area (Å²) in [6.45, 7) is 5.26. The zero-order valence-electron chi connectivity index (χ0n) is 14.3. The summed E-state index contributed by atoms with van der Waals surface area (Å²) in [6, 6.07) is 4.57. The van der Waals surface area contributed by atoms with Crippen LogP contribution in [0.25, 0.3) is 0 Å². The van der Waals surface area contributed by atoms with Gasteiger partial charge in [-0.15, -0.1) is 0 Å². The SMILES string of the molecule is CC(C)C[C@H](NC(=O)c1cccc(C2(C)NC(=O)NC2=O)c1)C(=O)O. The van der Waals surface area contributed by atoms with Crippen molar-refractivity contribution >= 4 is 23.8 Å². The van der Waals surface area contributed by atoms with Crippen LogP contribution in [-0.4, -0.2) is 35.0 Å². The van der Waals surface area contributed by atoms with Crippen LogP contribution >= 0.6 is 0 Å². The van der Waals surface area contributed by atoms with E-state index in [0.717, 1.165) is 0 Å². The molecule has 25 heavy (non-hydrogen) atoms. The first-order chi connectivity index (χ1) is 11.6. The summed E-state index contributed by atoms with van der Waals surface area (Å²) in [6.07, 6.45) is 0.303. The maximum Gasteiger partial charge on any atom is 0.326 e. The third-order valence-electron chi connectivity index (χ3n) is 4.06. The highest BCUT2D eigenvalue weighted by molar-refractivity contribution is 6.07. The standard InChI is InChI=1S/C17H21N3O5/c1-9(2)7-12(14(22)23)18-13(21)10-5-4-6-11(8-10)17(3)15(24)19-16(25)20-17/h4-6,8-9,12H,7H2,1-3H3,(H,18,21)(H,22,23)(H2,19,20,24,25)/t12-,17?/m0/s1. The van der Waals surface area contributed by atoms with Gasteiger partial charge in [-0.1, -0.05) is 26.0 Å². The first-order valence-corrected chi connectivity index (χ1v) is 7.91. The molecule has 1 fully saturated rings. The fourth-order valence-electron chi connectivity index (χ4n) is 2.65. The molecule has 1 aliphatic rings. The zero-order valence-corrected chi connectivity index (χ0v) is 14.3. The van der Waals surface area contributed by atoms with E-state index in [1.807, 2.05) is 13.8 Å². The van der Waals surface area contributed by atoms with Crippen molar-refractivity contribution in [3.8, 4) is 0 Å². The monoisotopic (exact) mass is 347 g/mol. The van der Waals surface area contributed by atoms with Crippen molar-refractivity contribution in [3.05, 3.63) is 35.4 Å². The van der Waals surface area contributed by atoms with Crippen molar-refractivity contribution in [1.29, 1.82) is 0 Å². The van der Waals surface area contributed by atoms with Crippen LogP contribution in [0.4, 0.5) is 4.79 Å². The number of imide groups is 1. The van der Waals surface area contributed by atoms with E-state index in [1.165, 1.54) is 19.1 Å². The minimum atomic E-state index is -1.28. The summed E-state index contributed by atoms with van der Waals surface area (Å²) in [4.78, 5) is 47.1. The molecule has 8 heteroatoms. The highest BCUT2D eigenvalue weighted by atomic mass is 16.4. The van der Waals surface area contributed by atoms with Crippen molar-refractivity contribution in [2.75, 3.05) is 0 Å². The van der Waals surface area contributed by atoms with Crippen LogP contribution in [0.3, 0.4) is 0 Å². The normalized spacial score (nSPS) is 20.8. The van der Waals surface area contributed by atoms with E-state index >= 15 is 0 Å². The Labute approximate surface area is 145 Å². The number of carbonyl (C=O) groups excluding carboxylic acids is 3. The maximum atomic E-state index is 12.4. The maximum absolute atomic E-state index is 12.4. The number of carbonyl (C=O) groups is 4. The number of carboxylic acids is 1. The molecule has 1 unspecified atom stereocenters. The minimum absolute atomic E-state index is 0.101. The fraction of sp³-hybridized carbons (Fsp3) is 0.412. The molecule has 0 radical (unpaired) electrons. The largest absolute Gasteiger partial charge is 0.480 e. The van der Waals surface area contributed by atoms with Gasteiger partial charge in [0.1, 0.15) is 11.6 Å². The van der Waals surface area contributed by atoms with Gasteiger partial charge in [0, 0.05) is 5.56 Å². The highest BCUT2D eigenvalue weighted by Crippen LogP contribution is 2.25. The van der Waals surface area contributed by atoms with Crippen LogP contribution in [0.1, 0.15) is 43.1 Å². The van der Waals surface area contributed by atoms with Crippen molar-refractivity contribution in [3.63, 3.8) is 0 Å². The third kappa shape index (κ3) is 3.96. The Morgan fingerprint density at radius 1 is 1.28 bits per heavy atom. The Balaban J connectivity index is 2.23. The van der Waals surface area contributed by atoms with Gasteiger partial charge in [0.05, 0.1) is 0 Å². The second kappa shape index (κ2) is 6.92. The fourth-order valence-corrected chi connectivity index (χ4v) is 2.65. The average Bonchev–Trinajstić information content (AvgIpc) is 2.79. The summed E-state index contributed by atoms with van der Waals surface area (Å²) in [7, 11) is 0. The number of benzene rings is 1. The molecule has 1 aromatic rings. The number of carboxylic acid groups (broad SMARTS) is 1. The molecule has 8 nitrogen and oxygen atoms in total. The topological polar surface area (TPSA) is 125 Å². The highest BCUT2D eigenvalue weighted by Gasteiger charge is 2.43. The molecule has 2 atom stereocenters. The van der Waals surface area contributed by atoms with Crippen molar-refractivity contribution < 1.29 is 24.3 Å². The molecule has 1 aromatic carbocycles. The van der Waals surface area contributed by atoms with Gasteiger partial charge in [0.25, 0.3) is 11.8 Å². The first-order valence-electron chi connectivity index (χ1n) is 7.91. The number of hydrogen-bond acceptors (Lipinski definition) is 4. The van der Waals surface area contributed by atoms with E-state index in [-0.39, 0.29) is 11.5 Å². The molecular formula is C17H21N3O5. The van der Waals surface area contributed by atoms with Crippen LogP contribution in [-0.2, 0) is 15.1 Å². The van der Waals surface area contributed by atoms with E-state index < -0.39 is 35.4 Å². The Morgan fingerprint density at radius 3 is 2.48 bits per heavy atom. The molecule has 4 N–H and O–H groups in total. The van der Waals surface area contributed by atoms with Crippen LogP contribution in [0.5, 0.6) is 0 Å². The molecule has 0 aliphatic carbocycles. The average molecular weight is 347 g/mol. The molecule has 1 heterocycles. The predicted molar refractivity (Wildman–Crippen MR) is 88.8 cm³/mol. The molecule has 0 saturated carbocycles. The Bertz CT molecular complexity index is 731. The Morgan fingerprint density at radius 2 is 1.96 bits per heavy atom. The number of amides is 4. The number of aliphatic carboxylic acids is 1. The van der Waals surface area contributed by atoms with E-state index in [1.54, 1.807) is 12.1 Å². The summed E-state index contributed by atoms with van der Waals surface area (Å²) in [5, 5.41) is 16.4. The van der Waals surface area contributed by atoms with E-state index in [9.17, 15) is 24.3 Å². The second-order valence-electron chi connectivity index (χ2n) is 6.61. The molecule has 4 amide bonds. The third-order valence-corrected chi connectivity index (χ3v) is 4.06. The second-order valence-corrected chi connectivity index (χ2v) is 6.61. The molecule has 0 bridgehead atoms. The van der Waals surface area contributed by atoms with Crippen LogP contribution in [0.15, 0.2) is 24.3 Å². The summed E-state index contributed by atoms with van der Waals surface area (Å²) in [5.74, 6) is -2.07. The van der Waals surface area contributed by atoms with Gasteiger partial charge in [-0.2, -0.15) is 0 Å². The summed E-state index contributed by atoms with van der Waals surface area (Å²) < 4.78 is 0. The van der Waals surface area contributed by atoms with E-state index in [4.69, 9.17) is 0 Å². The van der Waals surface area contributed by atoms with Crippen molar-refractivity contribution in [1.82, 2.24) is 16.0 Å². The van der Waals surface area contributed by atoms with Gasteiger partial charge < -0.3 is 15.7 Å². The van der Waals surface area contributed by atoms with Crippen molar-refractivity contribution in [2.45, 2.75) is 38.8 Å². The Kier molecular flexibility index (Phi) is 5.10. The van der Waals surface area contributed by atoms with Crippen LogP contribution < -0.4 is 16.0 Å². The molecular weight excluding hydrogens is 326 g/mol. The lowest BCUT2D eigenvalue weighted by molar-refractivity contribution is -0.139. The molecule has 134 valence electrons. The molecule has 0 aromatic heterocycles. The zero-order chi connectivity index (χ0) is 18.8. The lowest BCUT2D eigenvalue weighted by Gasteiger charge is -2.22. The van der Waals surface area contributed by atoms with Gasteiger partial charge in [-0.05, 0) is 37.0 Å². The van der Waals surface area contributed by atoms with Gasteiger partial charge in [0.15, 0.2) is 0 Å². The molecule has 2 rings (SSSR count). The Hall–Kier alpha value is -2.90. The predicted octanol–water partition coefficient (Wildman–Crippen LogP) is 0.970. The number of rotatable bonds is 6. The van der Waals surface area contributed by atoms with Crippen LogP contribution in [0, 0.1) is 5.92 Å². The molecule has 1 saturated heterocycles. The quantitative estimate of drug-likeness (QED) is 0.571. The summed E-state index contributed by atoms with van der Waals surface area (Å²) >= 11 is 0. The van der Waals surface area contributed by atoms with Gasteiger partial charge in [-0.25, -0.2) is 9.59 Å². The lowest BCUT2D eigenvalue weighted by atomic mass is 9.91. The van der Waals surface area contributed by atoms with Crippen molar-refractivity contribution in [2.24, 2.45) is 5.92 Å². The summed E-state index contributed by atoms with van der Waals surface area (Å²) in [5.41, 5.74) is -0.640. The number of hydrogen-bond donors (Lipinski definition) is 4. The number of urea groups is 1. The smallest absolute Gasteiger partial charge is 0.326 e. The van der Waals surface area contributed by atoms with Gasteiger partial charge >= 0.3 is 12.0 Å². The minimum Gasteiger partial charge on any atom is -0.480 e. The van der Waals surface area contributed by atoms with E-state index in [2.05, 4.69) is 16.0 Å². The first kappa shape index (κ1) is 18.4. The van der Waals surface area contributed by atoms with E-state index in [0.29, 0.717) is 12.0 Å². The number of nitrogens with one attached hydrogen (secondary N) is 3. The molecule has 1 aliphatic heterocycles. The van der Waals surface area contributed by atoms with Gasteiger partial charge in [0.2, 0.25) is 0 Å². The van der Waals surface area contributed by atoms with Crippen LogP contribution in [0.2, 0.25) is 0 Å². The molecule has 0 spiro atoms. The van der Waals surface area contributed by atoms with Gasteiger partial charge in [-0.3, -0.25) is 14.9 Å². The lowest BCUT2D eigenvalue weighted by Crippen LogP contribution is -2.42.